The van der Waals surface area contributed by atoms with E-state index in [9.17, 15) is 18.0 Å². The number of hydrogen-bond acceptors (Lipinski definition) is 3. The Morgan fingerprint density at radius 1 is 1.23 bits per heavy atom. The van der Waals surface area contributed by atoms with E-state index in [4.69, 9.17) is 0 Å². The summed E-state index contributed by atoms with van der Waals surface area (Å²) in [6.45, 7) is 4.05. The van der Waals surface area contributed by atoms with Gasteiger partial charge in [-0.2, -0.15) is 18.3 Å². The van der Waals surface area contributed by atoms with E-state index in [1.54, 1.807) is 10.7 Å². The number of halogens is 3. The minimum absolute atomic E-state index is 0.100. The number of fused-ring (bicyclic) bond motifs is 1. The third kappa shape index (κ3) is 3.49. The van der Waals surface area contributed by atoms with Gasteiger partial charge < -0.3 is 4.98 Å². The molecule has 2 aromatic heterocycles. The highest BCUT2D eigenvalue weighted by Crippen LogP contribution is 2.30. The molecule has 5 nitrogen and oxygen atoms in total. The molecule has 0 aliphatic carbocycles. The Hall–Kier alpha value is -2.64. The molecule has 0 fully saturated rings. The number of aromatic nitrogens is 4. The lowest BCUT2D eigenvalue weighted by Gasteiger charge is -2.14. The SMILES string of the molecule is CCC(CC)n1ncc2c(=O)[nH]c(Cc3cccc(C(F)(F)F)c3)nc21. The van der Waals surface area contributed by atoms with Gasteiger partial charge in [0.2, 0.25) is 0 Å². The summed E-state index contributed by atoms with van der Waals surface area (Å²) in [5.41, 5.74) is -0.171. The van der Waals surface area contributed by atoms with Crippen LogP contribution in [0.1, 0.15) is 49.7 Å². The average Bonchev–Trinajstić information content (AvgIpc) is 3.00. The third-order valence-corrected chi connectivity index (χ3v) is 4.43. The van der Waals surface area contributed by atoms with E-state index in [0.29, 0.717) is 22.4 Å². The Bertz CT molecular complexity index is 970. The molecule has 0 aliphatic heterocycles. The molecule has 26 heavy (non-hydrogen) atoms. The van der Waals surface area contributed by atoms with Gasteiger partial charge in [-0.3, -0.25) is 4.79 Å². The molecule has 3 rings (SSSR count). The lowest BCUT2D eigenvalue weighted by atomic mass is 10.1. The molecule has 1 N–H and O–H groups in total. The number of nitrogens with one attached hydrogen (secondary N) is 1. The van der Waals surface area contributed by atoms with Crippen molar-refractivity contribution in [1.29, 1.82) is 0 Å². The number of hydrogen-bond donors (Lipinski definition) is 1. The molecule has 138 valence electrons. The van der Waals surface area contributed by atoms with Gasteiger partial charge in [0.05, 0.1) is 17.8 Å². The smallest absolute Gasteiger partial charge is 0.310 e. The summed E-state index contributed by atoms with van der Waals surface area (Å²) in [5, 5.41) is 4.66. The first-order chi connectivity index (χ1) is 12.3. The van der Waals surface area contributed by atoms with E-state index in [-0.39, 0.29) is 18.0 Å². The van der Waals surface area contributed by atoms with Crippen LogP contribution in [0.4, 0.5) is 13.2 Å². The predicted molar refractivity (Wildman–Crippen MR) is 92.0 cm³/mol. The zero-order valence-corrected chi connectivity index (χ0v) is 14.5. The Labute approximate surface area is 147 Å². The molecular formula is C18H19F3N4O. The maximum atomic E-state index is 12.9. The van der Waals surface area contributed by atoms with Crippen molar-refractivity contribution in [2.24, 2.45) is 0 Å². The van der Waals surface area contributed by atoms with Crippen LogP contribution in [0.15, 0.2) is 35.3 Å². The van der Waals surface area contributed by atoms with E-state index in [1.807, 2.05) is 13.8 Å². The Kier molecular flexibility index (Phi) is 4.84. The first-order valence-electron chi connectivity index (χ1n) is 8.46. The van der Waals surface area contributed by atoms with Gasteiger partial charge in [-0.05, 0) is 24.5 Å². The predicted octanol–water partition coefficient (Wildman–Crippen LogP) is 4.09. The maximum Gasteiger partial charge on any atom is 0.416 e. The number of H-pyrrole nitrogens is 1. The van der Waals surface area contributed by atoms with E-state index >= 15 is 0 Å². The molecule has 0 saturated heterocycles. The van der Waals surface area contributed by atoms with Crippen molar-refractivity contribution in [3.63, 3.8) is 0 Å². The third-order valence-electron chi connectivity index (χ3n) is 4.43. The van der Waals surface area contributed by atoms with Crippen LogP contribution in [0, 0.1) is 0 Å². The first kappa shape index (κ1) is 18.2. The summed E-state index contributed by atoms with van der Waals surface area (Å²) in [5.74, 6) is 0.314. The highest BCUT2D eigenvalue weighted by Gasteiger charge is 2.30. The Balaban J connectivity index is 2.01. The highest BCUT2D eigenvalue weighted by atomic mass is 19.4. The number of alkyl halides is 3. The van der Waals surface area contributed by atoms with Crippen LogP contribution in [0.3, 0.4) is 0 Å². The van der Waals surface area contributed by atoms with Crippen LogP contribution < -0.4 is 5.56 Å². The fourth-order valence-corrected chi connectivity index (χ4v) is 3.02. The Morgan fingerprint density at radius 2 is 1.96 bits per heavy atom. The summed E-state index contributed by atoms with van der Waals surface area (Å²) in [4.78, 5) is 19.4. The van der Waals surface area contributed by atoms with Gasteiger partial charge in [-0.15, -0.1) is 0 Å². The van der Waals surface area contributed by atoms with Crippen LogP contribution >= 0.6 is 0 Å². The largest absolute Gasteiger partial charge is 0.416 e. The fourth-order valence-electron chi connectivity index (χ4n) is 3.02. The topological polar surface area (TPSA) is 63.6 Å². The second-order valence-electron chi connectivity index (χ2n) is 6.18. The lowest BCUT2D eigenvalue weighted by Crippen LogP contribution is -2.15. The molecular weight excluding hydrogens is 345 g/mol. The molecule has 2 heterocycles. The second kappa shape index (κ2) is 6.93. The molecule has 0 bridgehead atoms. The summed E-state index contributed by atoms with van der Waals surface area (Å²) in [7, 11) is 0. The number of nitrogens with zero attached hydrogens (tertiary/aromatic N) is 3. The average molecular weight is 364 g/mol. The van der Waals surface area contributed by atoms with E-state index in [0.717, 1.165) is 25.0 Å². The summed E-state index contributed by atoms with van der Waals surface area (Å²) >= 11 is 0. The normalized spacial score (nSPS) is 12.2. The number of benzene rings is 1. The maximum absolute atomic E-state index is 12.9. The standard InChI is InChI=1S/C18H19F3N4O/c1-3-13(4-2)25-16-14(10-22-25)17(26)24-15(23-16)9-11-6-5-7-12(8-11)18(19,20)21/h5-8,10,13H,3-4,9H2,1-2H3,(H,23,24,26). The molecule has 3 aromatic rings. The van der Waals surface area contributed by atoms with Crippen LogP contribution in [0.25, 0.3) is 11.0 Å². The zero-order chi connectivity index (χ0) is 18.9. The molecule has 0 radical (unpaired) electrons. The molecule has 0 unspecified atom stereocenters. The Morgan fingerprint density at radius 3 is 2.62 bits per heavy atom. The quantitative estimate of drug-likeness (QED) is 0.742. The van der Waals surface area contributed by atoms with Gasteiger partial charge >= 0.3 is 6.18 Å². The summed E-state index contributed by atoms with van der Waals surface area (Å²) in [6, 6.07) is 5.14. The van der Waals surface area contributed by atoms with E-state index in [1.165, 1.54) is 12.3 Å². The van der Waals surface area contributed by atoms with Crippen LogP contribution in [-0.2, 0) is 12.6 Å². The molecule has 0 atom stereocenters. The molecule has 0 aliphatic rings. The molecule has 8 heteroatoms. The fraction of sp³-hybridized carbons (Fsp3) is 0.389. The van der Waals surface area contributed by atoms with Crippen molar-refractivity contribution in [2.45, 2.75) is 45.3 Å². The van der Waals surface area contributed by atoms with Crippen molar-refractivity contribution in [3.8, 4) is 0 Å². The summed E-state index contributed by atoms with van der Waals surface area (Å²) < 4.78 is 40.3. The van der Waals surface area contributed by atoms with Crippen molar-refractivity contribution >= 4 is 11.0 Å². The van der Waals surface area contributed by atoms with E-state index < -0.39 is 11.7 Å². The van der Waals surface area contributed by atoms with Crippen LogP contribution in [0.5, 0.6) is 0 Å². The van der Waals surface area contributed by atoms with Crippen LogP contribution in [0.2, 0.25) is 0 Å². The lowest BCUT2D eigenvalue weighted by molar-refractivity contribution is -0.137. The minimum atomic E-state index is -4.41. The summed E-state index contributed by atoms with van der Waals surface area (Å²) in [6.07, 6.45) is -1.15. The van der Waals surface area contributed by atoms with Gasteiger partial charge in [-0.25, -0.2) is 9.67 Å². The second-order valence-corrected chi connectivity index (χ2v) is 6.18. The monoisotopic (exact) mass is 364 g/mol. The number of rotatable bonds is 5. The van der Waals surface area contributed by atoms with Crippen molar-refractivity contribution < 1.29 is 13.2 Å². The van der Waals surface area contributed by atoms with Gasteiger partial charge in [0.1, 0.15) is 11.2 Å². The first-order valence-corrected chi connectivity index (χ1v) is 8.46. The van der Waals surface area contributed by atoms with Crippen molar-refractivity contribution in [3.05, 3.63) is 57.8 Å². The number of aromatic amines is 1. The van der Waals surface area contributed by atoms with Crippen LogP contribution in [-0.4, -0.2) is 19.7 Å². The molecule has 1 aromatic carbocycles. The molecule has 0 saturated carbocycles. The minimum Gasteiger partial charge on any atom is -0.310 e. The van der Waals surface area contributed by atoms with Crippen molar-refractivity contribution in [1.82, 2.24) is 19.7 Å². The van der Waals surface area contributed by atoms with Gasteiger partial charge in [0.15, 0.2) is 5.65 Å². The molecule has 0 spiro atoms. The zero-order valence-electron chi connectivity index (χ0n) is 14.5. The van der Waals surface area contributed by atoms with Crippen molar-refractivity contribution in [2.75, 3.05) is 0 Å². The molecule has 0 amide bonds. The van der Waals surface area contributed by atoms with Gasteiger partial charge in [0, 0.05) is 6.42 Å². The van der Waals surface area contributed by atoms with Gasteiger partial charge in [-0.1, -0.05) is 32.0 Å². The van der Waals surface area contributed by atoms with Gasteiger partial charge in [0.25, 0.3) is 5.56 Å². The van der Waals surface area contributed by atoms with E-state index in [2.05, 4.69) is 15.1 Å². The highest BCUT2D eigenvalue weighted by molar-refractivity contribution is 5.73.